The predicted octanol–water partition coefficient (Wildman–Crippen LogP) is 8.00. The molecule has 0 spiro atoms. The van der Waals surface area contributed by atoms with Crippen LogP contribution in [0.2, 0.25) is 0 Å². The molecule has 4 nitrogen and oxygen atoms in total. The molecule has 0 aliphatic rings. The Bertz CT molecular complexity index is 1260. The fourth-order valence-corrected chi connectivity index (χ4v) is 4.12. The Balaban J connectivity index is 1.40. The summed E-state index contributed by atoms with van der Waals surface area (Å²) < 4.78 is 1.81. The fourth-order valence-electron chi connectivity index (χ4n) is 3.37. The van der Waals surface area contributed by atoms with Gasteiger partial charge in [0.25, 0.3) is 11.8 Å². The normalized spacial score (nSPS) is 10.6. The topological polar surface area (TPSA) is 58.2 Å². The lowest BCUT2D eigenvalue weighted by molar-refractivity contribution is 0.101. The van der Waals surface area contributed by atoms with Crippen molar-refractivity contribution >= 4 is 55.0 Å². The van der Waals surface area contributed by atoms with Gasteiger partial charge in [-0.2, -0.15) is 0 Å². The van der Waals surface area contributed by atoms with E-state index in [9.17, 15) is 9.59 Å². The van der Waals surface area contributed by atoms with Crippen LogP contribution in [0.5, 0.6) is 0 Å². The van der Waals surface area contributed by atoms with Crippen LogP contribution in [0, 0.1) is 13.8 Å². The predicted molar refractivity (Wildman–Crippen MR) is 146 cm³/mol. The Hall–Kier alpha value is -3.22. The highest BCUT2D eigenvalue weighted by atomic mass is 79.9. The Labute approximate surface area is 215 Å². The molecule has 0 heterocycles. The van der Waals surface area contributed by atoms with E-state index in [1.165, 1.54) is 0 Å². The van der Waals surface area contributed by atoms with Crippen molar-refractivity contribution in [3.63, 3.8) is 0 Å². The van der Waals surface area contributed by atoms with Crippen LogP contribution in [-0.2, 0) is 0 Å². The second-order valence-corrected chi connectivity index (χ2v) is 9.70. The Morgan fingerprint density at radius 1 is 0.559 bits per heavy atom. The Kier molecular flexibility index (Phi) is 7.29. The van der Waals surface area contributed by atoms with Gasteiger partial charge in [0.15, 0.2) is 0 Å². The first-order valence-corrected chi connectivity index (χ1v) is 12.2. The summed E-state index contributed by atoms with van der Waals surface area (Å²) in [4.78, 5) is 25.1. The number of amides is 2. The van der Waals surface area contributed by atoms with Crippen molar-refractivity contribution in [1.29, 1.82) is 0 Å². The molecule has 0 unspecified atom stereocenters. The van der Waals surface area contributed by atoms with Gasteiger partial charge in [0.05, 0.1) is 0 Å². The quantitative estimate of drug-likeness (QED) is 0.252. The second-order valence-electron chi connectivity index (χ2n) is 7.99. The number of hydrogen-bond acceptors (Lipinski definition) is 2. The summed E-state index contributed by atoms with van der Waals surface area (Å²) in [7, 11) is 0. The fraction of sp³-hybridized carbons (Fsp3) is 0.0714. The van der Waals surface area contributed by atoms with Crippen molar-refractivity contribution in [2.45, 2.75) is 13.8 Å². The van der Waals surface area contributed by atoms with Gasteiger partial charge >= 0.3 is 0 Å². The third-order valence-corrected chi connectivity index (χ3v) is 7.20. The molecule has 0 aliphatic carbocycles. The largest absolute Gasteiger partial charge is 0.322 e. The van der Waals surface area contributed by atoms with E-state index in [1.807, 2.05) is 98.8 Å². The summed E-state index contributed by atoms with van der Waals surface area (Å²) in [6.07, 6.45) is 0. The van der Waals surface area contributed by atoms with Gasteiger partial charge in [-0.25, -0.2) is 0 Å². The lowest BCUT2D eigenvalue weighted by atomic mass is 10.0. The molecule has 6 heteroatoms. The van der Waals surface area contributed by atoms with Crippen molar-refractivity contribution in [3.8, 4) is 11.1 Å². The Morgan fingerprint density at radius 2 is 0.912 bits per heavy atom. The number of rotatable bonds is 5. The van der Waals surface area contributed by atoms with Gasteiger partial charge in [-0.05, 0) is 84.6 Å². The van der Waals surface area contributed by atoms with E-state index in [0.717, 1.165) is 42.6 Å². The maximum absolute atomic E-state index is 12.5. The highest BCUT2D eigenvalue weighted by Crippen LogP contribution is 2.25. The molecular weight excluding hydrogens is 556 g/mol. The highest BCUT2D eigenvalue weighted by Gasteiger charge is 2.10. The zero-order chi connectivity index (χ0) is 24.2. The Morgan fingerprint density at radius 3 is 1.24 bits per heavy atom. The van der Waals surface area contributed by atoms with Crippen LogP contribution < -0.4 is 10.6 Å². The maximum Gasteiger partial charge on any atom is 0.255 e. The lowest BCUT2D eigenvalue weighted by Crippen LogP contribution is -2.12. The van der Waals surface area contributed by atoms with Crippen LogP contribution in [0.1, 0.15) is 31.8 Å². The van der Waals surface area contributed by atoms with Gasteiger partial charge in [-0.3, -0.25) is 9.59 Å². The summed E-state index contributed by atoms with van der Waals surface area (Å²) in [5.41, 5.74) is 6.81. The van der Waals surface area contributed by atoms with Crippen LogP contribution in [0.3, 0.4) is 0 Å². The standard InChI is InChI=1S/C28H22Br2N2O2/c1-17-3-5-21(15-25(17)29)27(33)31-23-11-7-19(8-12-23)20-9-13-24(14-10-20)32-28(34)22-6-4-18(2)26(30)16-22/h3-16H,1-2H3,(H,31,33)(H,32,34). The van der Waals surface area contributed by atoms with Crippen LogP contribution >= 0.6 is 31.9 Å². The van der Waals surface area contributed by atoms with Crippen LogP contribution in [0.25, 0.3) is 11.1 Å². The molecule has 0 bridgehead atoms. The van der Waals surface area contributed by atoms with Crippen molar-refractivity contribution < 1.29 is 9.59 Å². The minimum Gasteiger partial charge on any atom is -0.322 e. The highest BCUT2D eigenvalue weighted by molar-refractivity contribution is 9.10. The van der Waals surface area contributed by atoms with Gasteiger partial charge in [-0.15, -0.1) is 0 Å². The molecule has 0 saturated carbocycles. The molecule has 0 aromatic heterocycles. The second kappa shape index (κ2) is 10.4. The van der Waals surface area contributed by atoms with E-state index < -0.39 is 0 Å². The summed E-state index contributed by atoms with van der Waals surface area (Å²) in [5, 5.41) is 5.85. The average Bonchev–Trinajstić information content (AvgIpc) is 2.83. The zero-order valence-corrected chi connectivity index (χ0v) is 21.8. The van der Waals surface area contributed by atoms with Gasteiger partial charge in [0, 0.05) is 31.4 Å². The van der Waals surface area contributed by atoms with Gasteiger partial charge in [0.1, 0.15) is 0 Å². The van der Waals surface area contributed by atoms with E-state index in [0.29, 0.717) is 11.1 Å². The molecule has 170 valence electrons. The first-order valence-electron chi connectivity index (χ1n) is 10.7. The molecule has 0 aliphatic heterocycles. The van der Waals surface area contributed by atoms with E-state index in [2.05, 4.69) is 42.5 Å². The van der Waals surface area contributed by atoms with Crippen molar-refractivity contribution in [2.75, 3.05) is 10.6 Å². The van der Waals surface area contributed by atoms with Crippen LogP contribution in [0.4, 0.5) is 11.4 Å². The third-order valence-electron chi connectivity index (χ3n) is 5.49. The molecule has 4 aromatic carbocycles. The average molecular weight is 578 g/mol. The molecule has 2 amide bonds. The maximum atomic E-state index is 12.5. The number of halogens is 2. The monoisotopic (exact) mass is 576 g/mol. The minimum absolute atomic E-state index is 0.158. The first kappa shape index (κ1) is 23.9. The zero-order valence-electron chi connectivity index (χ0n) is 18.7. The molecule has 0 radical (unpaired) electrons. The summed E-state index contributed by atoms with van der Waals surface area (Å²) in [6, 6.07) is 26.4. The number of hydrogen-bond donors (Lipinski definition) is 2. The van der Waals surface area contributed by atoms with E-state index in [4.69, 9.17) is 0 Å². The molecule has 0 saturated heterocycles. The summed E-state index contributed by atoms with van der Waals surface area (Å²) in [6.45, 7) is 3.96. The number of carbonyl (C=O) groups excluding carboxylic acids is 2. The summed E-state index contributed by atoms with van der Waals surface area (Å²) in [5.74, 6) is -0.316. The van der Waals surface area contributed by atoms with Crippen molar-refractivity contribution in [2.24, 2.45) is 0 Å². The molecule has 2 N–H and O–H groups in total. The van der Waals surface area contributed by atoms with Crippen molar-refractivity contribution in [3.05, 3.63) is 116 Å². The number of benzene rings is 4. The molecule has 4 rings (SSSR count). The minimum atomic E-state index is -0.158. The SMILES string of the molecule is Cc1ccc(C(=O)Nc2ccc(-c3ccc(NC(=O)c4ccc(C)c(Br)c4)cc3)cc2)cc1Br. The first-order chi connectivity index (χ1) is 16.3. The van der Waals surface area contributed by atoms with Gasteiger partial charge in [0.2, 0.25) is 0 Å². The summed E-state index contributed by atoms with van der Waals surface area (Å²) >= 11 is 6.93. The smallest absolute Gasteiger partial charge is 0.255 e. The van der Waals surface area contributed by atoms with Gasteiger partial charge < -0.3 is 10.6 Å². The third kappa shape index (κ3) is 5.64. The molecule has 4 aromatic rings. The number of carbonyl (C=O) groups is 2. The molecule has 34 heavy (non-hydrogen) atoms. The lowest BCUT2D eigenvalue weighted by Gasteiger charge is -2.09. The van der Waals surface area contributed by atoms with E-state index >= 15 is 0 Å². The molecule has 0 atom stereocenters. The number of anilines is 2. The van der Waals surface area contributed by atoms with E-state index in [-0.39, 0.29) is 11.8 Å². The molecule has 0 fully saturated rings. The number of nitrogens with one attached hydrogen (secondary N) is 2. The molecular formula is C28H22Br2N2O2. The van der Waals surface area contributed by atoms with Gasteiger partial charge in [-0.1, -0.05) is 68.3 Å². The van der Waals surface area contributed by atoms with Crippen LogP contribution in [0.15, 0.2) is 93.9 Å². The van der Waals surface area contributed by atoms with E-state index in [1.54, 1.807) is 0 Å². The van der Waals surface area contributed by atoms with Crippen molar-refractivity contribution in [1.82, 2.24) is 0 Å². The number of aryl methyl sites for hydroxylation is 2. The van der Waals surface area contributed by atoms with Crippen LogP contribution in [-0.4, -0.2) is 11.8 Å².